The van der Waals surface area contributed by atoms with Crippen LogP contribution in [0.1, 0.15) is 16.8 Å². The van der Waals surface area contributed by atoms with Gasteiger partial charge in [-0.15, -0.1) is 5.10 Å². The summed E-state index contributed by atoms with van der Waals surface area (Å²) in [5.74, 6) is 0.601. The van der Waals surface area contributed by atoms with Gasteiger partial charge in [0.05, 0.1) is 29.1 Å². The molecule has 0 saturated carbocycles. The van der Waals surface area contributed by atoms with Gasteiger partial charge in [-0.1, -0.05) is 23.7 Å². The Morgan fingerprint density at radius 1 is 1.17 bits per heavy atom. The highest BCUT2D eigenvalue weighted by Crippen LogP contribution is 2.34. The Morgan fingerprint density at radius 2 is 2.03 bits per heavy atom. The lowest BCUT2D eigenvalue weighted by atomic mass is 9.97. The van der Waals surface area contributed by atoms with Crippen molar-refractivity contribution >= 4 is 28.1 Å². The number of methoxy groups -OCH3 is 1. The molecule has 29 heavy (non-hydrogen) atoms. The first-order chi connectivity index (χ1) is 14.1. The Bertz CT molecular complexity index is 1250. The standard InChI is InChI=1S/C22H16ClN5O/c1-29-19-7-4-13(9-17(19)23)10-18-20-16(6-5-14(11-24)21(20)25)22(28-27-18)15-3-2-8-26-12-15/h2-9,12H,10,25H2,1H3. The molecule has 0 aliphatic heterocycles. The van der Waals surface area contributed by atoms with Gasteiger partial charge < -0.3 is 10.5 Å². The second-order valence-electron chi connectivity index (χ2n) is 6.44. The summed E-state index contributed by atoms with van der Waals surface area (Å²) in [7, 11) is 1.57. The number of pyridine rings is 1. The van der Waals surface area contributed by atoms with E-state index in [1.54, 1.807) is 31.6 Å². The molecule has 0 spiro atoms. The molecule has 0 saturated heterocycles. The van der Waals surface area contributed by atoms with Crippen LogP contribution in [0.4, 0.5) is 5.69 Å². The van der Waals surface area contributed by atoms with Crippen LogP contribution in [0.15, 0.2) is 54.9 Å². The first kappa shape index (κ1) is 18.7. The predicted molar refractivity (Wildman–Crippen MR) is 113 cm³/mol. The van der Waals surface area contributed by atoms with Gasteiger partial charge in [-0.2, -0.15) is 10.4 Å². The van der Waals surface area contributed by atoms with E-state index in [-0.39, 0.29) is 0 Å². The zero-order valence-corrected chi connectivity index (χ0v) is 16.3. The number of nitriles is 1. The van der Waals surface area contributed by atoms with Crippen molar-refractivity contribution in [1.82, 2.24) is 15.2 Å². The summed E-state index contributed by atoms with van der Waals surface area (Å²) >= 11 is 6.26. The molecule has 0 bridgehead atoms. The molecule has 7 heteroatoms. The molecule has 2 aromatic heterocycles. The number of ether oxygens (including phenoxy) is 1. The molecule has 0 radical (unpaired) electrons. The van der Waals surface area contributed by atoms with Crippen molar-refractivity contribution in [3.05, 3.63) is 76.7 Å². The molecule has 4 rings (SSSR count). The van der Waals surface area contributed by atoms with Gasteiger partial charge in [-0.05, 0) is 35.9 Å². The summed E-state index contributed by atoms with van der Waals surface area (Å²) in [4.78, 5) is 4.16. The van der Waals surface area contributed by atoms with Crippen LogP contribution in [0.25, 0.3) is 22.0 Å². The molecule has 2 heterocycles. The maximum Gasteiger partial charge on any atom is 0.137 e. The fraction of sp³-hybridized carbons (Fsp3) is 0.0909. The van der Waals surface area contributed by atoms with Crippen LogP contribution in [-0.2, 0) is 6.42 Å². The van der Waals surface area contributed by atoms with Crippen LogP contribution in [0.3, 0.4) is 0 Å². The van der Waals surface area contributed by atoms with Crippen LogP contribution in [0, 0.1) is 11.3 Å². The number of fused-ring (bicyclic) bond motifs is 1. The number of halogens is 1. The fourth-order valence-electron chi connectivity index (χ4n) is 3.29. The fourth-order valence-corrected chi connectivity index (χ4v) is 3.57. The first-order valence-electron chi connectivity index (χ1n) is 8.83. The maximum atomic E-state index is 9.43. The minimum Gasteiger partial charge on any atom is -0.495 e. The molecule has 0 aliphatic carbocycles. The lowest BCUT2D eigenvalue weighted by Crippen LogP contribution is -2.03. The summed E-state index contributed by atoms with van der Waals surface area (Å²) in [6.45, 7) is 0. The monoisotopic (exact) mass is 401 g/mol. The Hall–Kier alpha value is -3.69. The number of rotatable bonds is 4. The number of hydrogen-bond donors (Lipinski definition) is 1. The van der Waals surface area contributed by atoms with E-state index in [0.29, 0.717) is 45.2 Å². The zero-order chi connectivity index (χ0) is 20.4. The van der Waals surface area contributed by atoms with Gasteiger partial charge in [-0.25, -0.2) is 0 Å². The Morgan fingerprint density at radius 3 is 2.72 bits per heavy atom. The summed E-state index contributed by atoms with van der Waals surface area (Å²) in [5, 5.41) is 20.4. The molecule has 0 aliphatic rings. The Kier molecular flexibility index (Phi) is 4.98. The van der Waals surface area contributed by atoms with Crippen molar-refractivity contribution in [2.75, 3.05) is 12.8 Å². The van der Waals surface area contributed by atoms with Crippen molar-refractivity contribution in [3.8, 4) is 23.1 Å². The second kappa shape index (κ2) is 7.74. The lowest BCUT2D eigenvalue weighted by Gasteiger charge is -2.13. The SMILES string of the molecule is COc1ccc(Cc2nnc(-c3cccnc3)c3ccc(C#N)c(N)c23)cc1Cl. The predicted octanol–water partition coefficient (Wildman–Crippen LogP) is 4.40. The summed E-state index contributed by atoms with van der Waals surface area (Å²) in [6, 6.07) is 15.0. The number of benzene rings is 2. The normalized spacial score (nSPS) is 10.7. The average Bonchev–Trinajstić information content (AvgIpc) is 2.75. The van der Waals surface area contributed by atoms with Crippen LogP contribution in [0.5, 0.6) is 5.75 Å². The van der Waals surface area contributed by atoms with Crippen LogP contribution >= 0.6 is 11.6 Å². The topological polar surface area (TPSA) is 97.7 Å². The van der Waals surface area contributed by atoms with Gasteiger partial charge in [0.1, 0.15) is 17.5 Å². The van der Waals surface area contributed by atoms with Gasteiger partial charge in [0.2, 0.25) is 0 Å². The molecular formula is C22H16ClN5O. The third-order valence-electron chi connectivity index (χ3n) is 4.70. The van der Waals surface area contributed by atoms with E-state index in [2.05, 4.69) is 21.3 Å². The molecule has 0 fully saturated rings. The smallest absolute Gasteiger partial charge is 0.137 e. The van der Waals surface area contributed by atoms with Gasteiger partial charge in [0.25, 0.3) is 0 Å². The summed E-state index contributed by atoms with van der Waals surface area (Å²) < 4.78 is 5.21. The maximum absolute atomic E-state index is 9.43. The number of hydrogen-bond acceptors (Lipinski definition) is 6. The third-order valence-corrected chi connectivity index (χ3v) is 5.00. The summed E-state index contributed by atoms with van der Waals surface area (Å²) in [6.07, 6.45) is 3.88. The van der Waals surface area contributed by atoms with Crippen LogP contribution < -0.4 is 10.5 Å². The molecule has 0 amide bonds. The van der Waals surface area contributed by atoms with Crippen molar-refractivity contribution < 1.29 is 4.74 Å². The average molecular weight is 402 g/mol. The molecule has 4 aromatic rings. The minimum atomic E-state index is 0.389. The van der Waals surface area contributed by atoms with Gasteiger partial charge in [0.15, 0.2) is 0 Å². The number of nitrogens with zero attached hydrogens (tertiary/aromatic N) is 4. The number of nitrogens with two attached hydrogens (primary N) is 1. The summed E-state index contributed by atoms with van der Waals surface area (Å²) in [5.41, 5.74) is 10.2. The molecule has 142 valence electrons. The highest BCUT2D eigenvalue weighted by atomic mass is 35.5. The largest absolute Gasteiger partial charge is 0.495 e. The number of aromatic nitrogens is 3. The Balaban J connectivity index is 1.91. The van der Waals surface area contributed by atoms with E-state index in [0.717, 1.165) is 16.5 Å². The second-order valence-corrected chi connectivity index (χ2v) is 6.85. The van der Waals surface area contributed by atoms with E-state index in [1.807, 2.05) is 30.3 Å². The lowest BCUT2D eigenvalue weighted by molar-refractivity contribution is 0.415. The molecular weight excluding hydrogens is 386 g/mol. The highest BCUT2D eigenvalue weighted by molar-refractivity contribution is 6.32. The van der Waals surface area contributed by atoms with Crippen molar-refractivity contribution in [2.45, 2.75) is 6.42 Å². The van der Waals surface area contributed by atoms with E-state index < -0.39 is 0 Å². The number of anilines is 1. The van der Waals surface area contributed by atoms with Crippen LogP contribution in [-0.4, -0.2) is 22.3 Å². The van der Waals surface area contributed by atoms with E-state index in [4.69, 9.17) is 22.1 Å². The van der Waals surface area contributed by atoms with Gasteiger partial charge in [0, 0.05) is 35.2 Å². The van der Waals surface area contributed by atoms with E-state index in [1.165, 1.54) is 0 Å². The zero-order valence-electron chi connectivity index (χ0n) is 15.6. The third kappa shape index (κ3) is 3.44. The minimum absolute atomic E-state index is 0.389. The molecule has 0 unspecified atom stereocenters. The molecule has 2 N–H and O–H groups in total. The molecule has 0 atom stereocenters. The van der Waals surface area contributed by atoms with E-state index in [9.17, 15) is 5.26 Å². The van der Waals surface area contributed by atoms with Crippen LogP contribution in [0.2, 0.25) is 5.02 Å². The Labute approximate surface area is 172 Å². The van der Waals surface area contributed by atoms with Crippen molar-refractivity contribution in [1.29, 1.82) is 5.26 Å². The number of nitrogen functional groups attached to an aromatic ring is 1. The van der Waals surface area contributed by atoms with Crippen molar-refractivity contribution in [2.24, 2.45) is 0 Å². The van der Waals surface area contributed by atoms with Gasteiger partial charge in [-0.3, -0.25) is 4.98 Å². The molecule has 6 nitrogen and oxygen atoms in total. The van der Waals surface area contributed by atoms with Crippen molar-refractivity contribution in [3.63, 3.8) is 0 Å². The quantitative estimate of drug-likeness (QED) is 0.509. The van der Waals surface area contributed by atoms with E-state index >= 15 is 0 Å². The first-order valence-corrected chi connectivity index (χ1v) is 9.21. The van der Waals surface area contributed by atoms with Gasteiger partial charge >= 0.3 is 0 Å². The highest BCUT2D eigenvalue weighted by Gasteiger charge is 2.17. The molecule has 2 aromatic carbocycles.